The summed E-state index contributed by atoms with van der Waals surface area (Å²) in [5, 5.41) is 23.0. The number of carbonyl (C=O) groups is 8. The lowest BCUT2D eigenvalue weighted by Crippen LogP contribution is -2.68. The number of piperidine rings is 1. The van der Waals surface area contributed by atoms with E-state index >= 15 is 14.4 Å². The summed E-state index contributed by atoms with van der Waals surface area (Å²) in [5.41, 5.74) is 9.06. The second kappa shape index (κ2) is 20.9. The Labute approximate surface area is 448 Å². The number of nitrogens with one attached hydrogen (secondary N) is 4. The molecule has 1 spiro atoms. The Balaban J connectivity index is 1.12. The lowest BCUT2D eigenvalue weighted by molar-refractivity contribution is -0.148. The summed E-state index contributed by atoms with van der Waals surface area (Å²) in [6.45, 7) is 11.6. The minimum absolute atomic E-state index is 0.0196. The maximum absolute atomic E-state index is 15.6. The largest absolute Gasteiger partial charge is 0.508 e. The zero-order chi connectivity index (χ0) is 54.8. The van der Waals surface area contributed by atoms with E-state index in [0.29, 0.717) is 60.9 Å². The summed E-state index contributed by atoms with van der Waals surface area (Å²) < 4.78 is 2.07. The normalized spacial score (nSPS) is 30.0. The van der Waals surface area contributed by atoms with Crippen LogP contribution in [0.3, 0.4) is 0 Å². The van der Waals surface area contributed by atoms with Crippen molar-refractivity contribution >= 4 is 63.8 Å². The highest BCUT2D eigenvalue weighted by molar-refractivity contribution is 6.09. The van der Waals surface area contributed by atoms with Crippen molar-refractivity contribution in [2.75, 3.05) is 18.0 Å². The van der Waals surface area contributed by atoms with Crippen molar-refractivity contribution in [1.29, 1.82) is 0 Å². The van der Waals surface area contributed by atoms with Gasteiger partial charge in [0.25, 0.3) is 5.91 Å². The molecule has 408 valence electrons. The number of phenolic OH excluding ortho intramolecular Hbond substituents is 1. The molecule has 19 nitrogen and oxygen atoms in total. The Hall–Kier alpha value is -7.28. The summed E-state index contributed by atoms with van der Waals surface area (Å²) in [5.74, 6) is -5.09. The van der Waals surface area contributed by atoms with E-state index in [1.54, 1.807) is 35.8 Å². The molecule has 10 rings (SSSR count). The first kappa shape index (κ1) is 53.1. The molecule has 19 heteroatoms. The van der Waals surface area contributed by atoms with Gasteiger partial charge < -0.3 is 51.4 Å². The van der Waals surface area contributed by atoms with Crippen LogP contribution in [0.2, 0.25) is 0 Å². The first-order chi connectivity index (χ1) is 36.9. The van der Waals surface area contributed by atoms with Crippen LogP contribution in [-0.2, 0) is 56.7 Å². The average molecular weight is 1050 g/mol. The molecule has 0 aliphatic carbocycles. The number of rotatable bonds is 7. The fourth-order valence-electron chi connectivity index (χ4n) is 13.1. The Morgan fingerprint density at radius 3 is 1.90 bits per heavy atom. The van der Waals surface area contributed by atoms with Gasteiger partial charge in [0.1, 0.15) is 59.7 Å². The van der Waals surface area contributed by atoms with E-state index in [1.165, 1.54) is 21.9 Å². The summed E-state index contributed by atoms with van der Waals surface area (Å²) in [4.78, 5) is 125. The fraction of sp³-hybridized carbons (Fsp3) is 0.517. The van der Waals surface area contributed by atoms with Crippen LogP contribution in [0.5, 0.6) is 5.75 Å². The molecule has 8 amide bonds. The summed E-state index contributed by atoms with van der Waals surface area (Å²) in [6.07, 6.45) is 3.75. The highest BCUT2D eigenvalue weighted by Gasteiger charge is 2.68. The van der Waals surface area contributed by atoms with Crippen molar-refractivity contribution in [3.8, 4) is 5.75 Å². The lowest BCUT2D eigenvalue weighted by atomic mass is 9.78. The van der Waals surface area contributed by atoms with Gasteiger partial charge in [-0.25, -0.2) is 0 Å². The molecule has 77 heavy (non-hydrogen) atoms. The van der Waals surface area contributed by atoms with Gasteiger partial charge in [0, 0.05) is 48.6 Å². The van der Waals surface area contributed by atoms with Crippen LogP contribution in [0, 0.1) is 17.8 Å². The first-order valence-electron chi connectivity index (χ1n) is 27.6. The maximum atomic E-state index is 15.6. The van der Waals surface area contributed by atoms with E-state index in [0.717, 1.165) is 10.9 Å². The van der Waals surface area contributed by atoms with Crippen LogP contribution in [0.15, 0.2) is 79.0 Å². The van der Waals surface area contributed by atoms with Gasteiger partial charge in [-0.05, 0) is 85.3 Å². The van der Waals surface area contributed by atoms with Crippen molar-refractivity contribution in [3.63, 3.8) is 0 Å². The molecule has 4 saturated heterocycles. The van der Waals surface area contributed by atoms with E-state index in [2.05, 4.69) is 25.8 Å². The Bertz CT molecular complexity index is 3010. The standard InChI is InChI=1S/C58H72N10O9/c1-7-32(5)47-52(73)60-40-29-58(38-16-10-12-18-42(38)67-54(75)45(68(53(40)74)57(58)67)27-34-21-23-36(69)24-22-34)66-30-35(37-15-9-11-17-41(37)66)28-39(59)49(70)63-48(33(6)8-2)56(77)65-26-14-19-43(65)50(71)61-46(31(3)4)55(76)64-25-13-20-44(64)51(72)62-47/h9-12,15-18,21-24,30-33,39-40,43-48,57,69H,7-8,13-14,19-20,25-29,59H2,1-6H3,(H,60,73)(H,61,71)(H,62,72)(H,63,70)/t32?,33?,39-,40-,43-,44-,45-,46-,47-,48-,57-,58+/m0/s1. The number of benzene rings is 3. The SMILES string of the molecule is CCC(C)[C@@H]1NC(=O)[C@@H]2CCCN2C(=O)[C@H](C(C)C)NC(=O)[C@@H]2CCCN2C(=O)[C@H](C(C)CC)NC(=O)[C@@H](N)Cc2cn(c3ccccc23)[C@]23C[C@H](NC1=O)C(=O)N1[C@@H](Cc4ccc(O)cc4)C(=O)N(c4ccccc42)[C@@H]13. The number of hydrogen-bond acceptors (Lipinski definition) is 10. The number of para-hydroxylation sites is 2. The second-order valence-corrected chi connectivity index (χ2v) is 22.6. The number of amides is 8. The first-order valence-corrected chi connectivity index (χ1v) is 27.6. The van der Waals surface area contributed by atoms with Crippen LogP contribution in [-0.4, -0.2) is 139 Å². The Kier molecular flexibility index (Phi) is 14.4. The van der Waals surface area contributed by atoms with E-state index in [4.69, 9.17) is 5.73 Å². The zero-order valence-electron chi connectivity index (χ0n) is 44.7. The topological polar surface area (TPSA) is 249 Å². The van der Waals surface area contributed by atoms with Crippen LogP contribution in [0.1, 0.15) is 103 Å². The molecule has 4 bridgehead atoms. The minimum Gasteiger partial charge on any atom is -0.508 e. The van der Waals surface area contributed by atoms with Crippen LogP contribution >= 0.6 is 0 Å². The van der Waals surface area contributed by atoms with Gasteiger partial charge in [-0.15, -0.1) is 0 Å². The molecule has 6 aliphatic heterocycles. The molecule has 4 fully saturated rings. The number of carbonyl (C=O) groups excluding carboxylic acids is 8. The van der Waals surface area contributed by atoms with Gasteiger partial charge in [-0.3, -0.25) is 43.3 Å². The molecule has 0 saturated carbocycles. The van der Waals surface area contributed by atoms with Crippen molar-refractivity contribution in [2.45, 2.75) is 159 Å². The van der Waals surface area contributed by atoms with Crippen molar-refractivity contribution in [2.24, 2.45) is 23.5 Å². The zero-order valence-corrected chi connectivity index (χ0v) is 44.7. The molecule has 6 aliphatic rings. The molecule has 1 aromatic heterocycles. The van der Waals surface area contributed by atoms with Gasteiger partial charge in [0.15, 0.2) is 0 Å². The monoisotopic (exact) mass is 1050 g/mol. The Morgan fingerprint density at radius 2 is 1.25 bits per heavy atom. The predicted molar refractivity (Wildman–Crippen MR) is 286 cm³/mol. The number of aromatic nitrogens is 1. The number of aromatic hydroxyl groups is 1. The van der Waals surface area contributed by atoms with Crippen LogP contribution in [0.25, 0.3) is 10.9 Å². The maximum Gasteiger partial charge on any atom is 0.252 e. The van der Waals surface area contributed by atoms with E-state index < -0.39 is 113 Å². The van der Waals surface area contributed by atoms with Gasteiger partial charge in [0.2, 0.25) is 41.4 Å². The molecular formula is C58H72N10O9. The number of phenols is 1. The van der Waals surface area contributed by atoms with Crippen LogP contribution < -0.4 is 31.9 Å². The quantitative estimate of drug-likeness (QED) is 0.158. The number of fused-ring (bicyclic) bond motifs is 10. The highest BCUT2D eigenvalue weighted by atomic mass is 16.3. The van der Waals surface area contributed by atoms with Crippen molar-refractivity contribution in [3.05, 3.63) is 95.7 Å². The number of nitrogens with zero attached hydrogens (tertiary/aromatic N) is 5. The summed E-state index contributed by atoms with van der Waals surface area (Å²) >= 11 is 0. The molecule has 0 radical (unpaired) electrons. The number of hydrogen-bond donors (Lipinski definition) is 6. The lowest BCUT2D eigenvalue weighted by Gasteiger charge is -2.49. The van der Waals surface area contributed by atoms with Crippen molar-refractivity contribution < 1.29 is 43.5 Å². The fourth-order valence-corrected chi connectivity index (χ4v) is 13.1. The predicted octanol–water partition coefficient (Wildman–Crippen LogP) is 3.17. The van der Waals surface area contributed by atoms with E-state index in [-0.39, 0.29) is 49.9 Å². The highest BCUT2D eigenvalue weighted by Crippen LogP contribution is 2.57. The van der Waals surface area contributed by atoms with Crippen molar-refractivity contribution in [1.82, 2.24) is 40.5 Å². The van der Waals surface area contributed by atoms with Crippen LogP contribution in [0.4, 0.5) is 5.69 Å². The molecule has 7 N–H and O–H groups in total. The Morgan fingerprint density at radius 1 is 0.662 bits per heavy atom. The third-order valence-electron chi connectivity index (χ3n) is 17.7. The minimum atomic E-state index is -1.27. The number of anilines is 1. The molecule has 12 atom stereocenters. The van der Waals surface area contributed by atoms with Gasteiger partial charge in [-0.2, -0.15) is 0 Å². The average Bonchev–Trinajstić information content (AvgIpc) is 4.47. The number of nitrogens with two attached hydrogens (primary N) is 1. The molecule has 4 aromatic rings. The second-order valence-electron chi connectivity index (χ2n) is 22.6. The molecule has 2 unspecified atom stereocenters. The van der Waals surface area contributed by atoms with Gasteiger partial charge in [0.05, 0.1) is 11.7 Å². The third-order valence-corrected chi connectivity index (χ3v) is 17.7. The van der Waals surface area contributed by atoms with E-state index in [9.17, 15) is 29.1 Å². The summed E-state index contributed by atoms with van der Waals surface area (Å²) in [7, 11) is 0. The smallest absolute Gasteiger partial charge is 0.252 e. The van der Waals surface area contributed by atoms with Gasteiger partial charge >= 0.3 is 0 Å². The van der Waals surface area contributed by atoms with E-state index in [1.807, 2.05) is 82.4 Å². The van der Waals surface area contributed by atoms with Gasteiger partial charge in [-0.1, -0.05) is 103 Å². The molecule has 7 heterocycles. The molecule has 3 aromatic carbocycles. The summed E-state index contributed by atoms with van der Waals surface area (Å²) in [6, 6.07) is 13.1. The molecular weight excluding hydrogens is 981 g/mol. The third kappa shape index (κ3) is 9.06.